The molecule has 0 bridgehead atoms. The number of hydrogen-bond donors (Lipinski definition) is 2. The van der Waals surface area contributed by atoms with E-state index < -0.39 is 47.0 Å². The van der Waals surface area contributed by atoms with Crippen LogP contribution in [0.25, 0.3) is 22.4 Å². The maximum atomic E-state index is 14.2. The van der Waals surface area contributed by atoms with Gasteiger partial charge in [-0.3, -0.25) is 9.59 Å². The molecule has 0 aliphatic heterocycles. The van der Waals surface area contributed by atoms with Gasteiger partial charge < -0.3 is 24.5 Å². The first-order valence-electron chi connectivity index (χ1n) is 13.3. The monoisotopic (exact) mass is 620 g/mol. The summed E-state index contributed by atoms with van der Waals surface area (Å²) in [6, 6.07) is 6.66. The summed E-state index contributed by atoms with van der Waals surface area (Å²) >= 11 is 0. The van der Waals surface area contributed by atoms with E-state index in [0.717, 1.165) is 12.1 Å². The van der Waals surface area contributed by atoms with E-state index in [4.69, 9.17) is 13.9 Å². The quantitative estimate of drug-likeness (QED) is 0.217. The molecule has 2 aromatic heterocycles. The van der Waals surface area contributed by atoms with E-state index in [1.54, 1.807) is 20.8 Å². The molecule has 1 atom stereocenters. The number of pyridine rings is 1. The second-order valence-corrected chi connectivity index (χ2v) is 10.7. The fourth-order valence-electron chi connectivity index (χ4n) is 4.23. The van der Waals surface area contributed by atoms with Crippen LogP contribution in [0.4, 0.5) is 22.0 Å². The number of carbonyl (C=O) groups excluding carboxylic acids is 2. The van der Waals surface area contributed by atoms with Gasteiger partial charge in [-0.25, -0.2) is 18.7 Å². The van der Waals surface area contributed by atoms with Crippen molar-refractivity contribution in [3.05, 3.63) is 76.8 Å². The van der Waals surface area contributed by atoms with E-state index in [0.29, 0.717) is 6.07 Å². The highest BCUT2D eigenvalue weighted by Gasteiger charge is 2.34. The van der Waals surface area contributed by atoms with Gasteiger partial charge in [-0.15, -0.1) is 0 Å². The van der Waals surface area contributed by atoms with Crippen LogP contribution in [-0.4, -0.2) is 41.1 Å². The molecule has 4 aromatic rings. The first-order chi connectivity index (χ1) is 20.6. The van der Waals surface area contributed by atoms with Crippen LogP contribution in [0.15, 0.2) is 46.9 Å². The molecular weight excluding hydrogens is 591 g/mol. The minimum Gasteiger partial charge on any atom is -0.494 e. The number of alkyl halides is 3. The van der Waals surface area contributed by atoms with Crippen molar-refractivity contribution in [2.45, 2.75) is 52.1 Å². The van der Waals surface area contributed by atoms with E-state index in [1.807, 2.05) is 0 Å². The molecule has 44 heavy (non-hydrogen) atoms. The molecule has 0 saturated heterocycles. The summed E-state index contributed by atoms with van der Waals surface area (Å²) in [7, 11) is 1.28. The average Bonchev–Trinajstić information content (AvgIpc) is 3.38. The number of benzene rings is 2. The fourth-order valence-corrected chi connectivity index (χ4v) is 4.23. The van der Waals surface area contributed by atoms with Crippen molar-refractivity contribution < 1.29 is 45.4 Å². The number of hydrogen-bond acceptors (Lipinski definition) is 7. The molecule has 4 rings (SSSR count). The number of rotatable bonds is 9. The Morgan fingerprint density at radius 1 is 1.02 bits per heavy atom. The number of methoxy groups -OCH3 is 1. The summed E-state index contributed by atoms with van der Waals surface area (Å²) in [6.45, 7) is 6.09. The average molecular weight is 621 g/mol. The molecule has 0 saturated carbocycles. The fraction of sp³-hybridized carbons (Fsp3) is 0.333. The molecule has 234 valence electrons. The Balaban J connectivity index is 1.84. The Kier molecular flexibility index (Phi) is 9.23. The Morgan fingerprint density at radius 2 is 1.75 bits per heavy atom. The van der Waals surface area contributed by atoms with E-state index in [2.05, 4.69) is 20.6 Å². The zero-order valence-corrected chi connectivity index (χ0v) is 24.4. The summed E-state index contributed by atoms with van der Waals surface area (Å²) in [5.74, 6) is -3.24. The molecule has 0 aliphatic carbocycles. The van der Waals surface area contributed by atoms with Crippen molar-refractivity contribution in [3.63, 3.8) is 0 Å². The van der Waals surface area contributed by atoms with Gasteiger partial charge in [-0.1, -0.05) is 6.07 Å². The van der Waals surface area contributed by atoms with Crippen LogP contribution in [0.3, 0.4) is 0 Å². The van der Waals surface area contributed by atoms with Gasteiger partial charge in [0, 0.05) is 36.0 Å². The third kappa shape index (κ3) is 7.48. The number of carbonyl (C=O) groups is 2. The van der Waals surface area contributed by atoms with Crippen molar-refractivity contribution in [2.24, 2.45) is 0 Å². The first kappa shape index (κ1) is 32.3. The van der Waals surface area contributed by atoms with E-state index in [9.17, 15) is 31.5 Å². The van der Waals surface area contributed by atoms with E-state index in [1.165, 1.54) is 38.3 Å². The van der Waals surface area contributed by atoms with Crippen LogP contribution < -0.4 is 15.4 Å². The number of ether oxygens (including phenoxy) is 2. The number of oxazole rings is 1. The number of nitrogens with zero attached hydrogens (tertiary/aromatic N) is 2. The largest absolute Gasteiger partial charge is 0.494 e. The minimum atomic E-state index is -4.72. The predicted octanol–water partition coefficient (Wildman–Crippen LogP) is 6.12. The van der Waals surface area contributed by atoms with Gasteiger partial charge in [0.2, 0.25) is 11.8 Å². The lowest BCUT2D eigenvalue weighted by atomic mass is 10.1. The zero-order chi connectivity index (χ0) is 32.4. The lowest BCUT2D eigenvalue weighted by molar-refractivity contribution is -0.141. The molecule has 9 nitrogen and oxygen atoms in total. The standard InChI is InChI=1S/C30H29F5N4O5/c1-15(40)37-21(14-43-29(2,3)4)26-25(27(41)36-13-16-6-7-17(31)12-20(16)32)39-28(44-26)19-8-10-22(42-5)24-18(19)9-11-23(38-24)30(33,34)35/h6-12,21H,13-14H2,1-5H3,(H,36,41)(H,37,40)/t21-/m0/s1. The summed E-state index contributed by atoms with van der Waals surface area (Å²) in [5, 5.41) is 5.34. The molecule has 2 heterocycles. The molecule has 2 N–H and O–H groups in total. The Labute approximate surface area is 248 Å². The molecule has 0 unspecified atom stereocenters. The third-order valence-corrected chi connectivity index (χ3v) is 6.26. The number of aromatic nitrogens is 2. The van der Waals surface area contributed by atoms with Gasteiger partial charge >= 0.3 is 6.18 Å². The molecule has 2 amide bonds. The molecule has 0 aliphatic rings. The topological polar surface area (TPSA) is 116 Å². The number of halogens is 5. The van der Waals surface area contributed by atoms with Crippen molar-refractivity contribution >= 4 is 22.7 Å². The van der Waals surface area contributed by atoms with Crippen LogP contribution in [0.5, 0.6) is 5.75 Å². The molecular formula is C30H29F5N4O5. The van der Waals surface area contributed by atoms with Crippen molar-refractivity contribution in [3.8, 4) is 17.2 Å². The van der Waals surface area contributed by atoms with Gasteiger partial charge in [0.15, 0.2) is 11.5 Å². The molecule has 2 aromatic carbocycles. The highest BCUT2D eigenvalue weighted by Crippen LogP contribution is 2.37. The predicted molar refractivity (Wildman–Crippen MR) is 149 cm³/mol. The Morgan fingerprint density at radius 3 is 2.36 bits per heavy atom. The maximum Gasteiger partial charge on any atom is 0.433 e. The molecule has 0 spiro atoms. The van der Waals surface area contributed by atoms with Gasteiger partial charge in [0.1, 0.15) is 34.6 Å². The van der Waals surface area contributed by atoms with Gasteiger partial charge in [0.25, 0.3) is 5.91 Å². The Bertz CT molecular complexity index is 1700. The molecule has 0 fully saturated rings. The maximum absolute atomic E-state index is 14.2. The third-order valence-electron chi connectivity index (χ3n) is 6.26. The smallest absolute Gasteiger partial charge is 0.433 e. The van der Waals surface area contributed by atoms with Gasteiger partial charge in [-0.2, -0.15) is 13.2 Å². The zero-order valence-electron chi connectivity index (χ0n) is 24.4. The van der Waals surface area contributed by atoms with E-state index >= 15 is 0 Å². The summed E-state index contributed by atoms with van der Waals surface area (Å²) in [5.41, 5.74) is -2.07. The van der Waals surface area contributed by atoms with Crippen LogP contribution in [0, 0.1) is 11.6 Å². The SMILES string of the molecule is COc1ccc(-c2nc(C(=O)NCc3ccc(F)cc3F)c([C@H](COC(C)(C)C)NC(C)=O)o2)c2ccc(C(F)(F)F)nc12. The van der Waals surface area contributed by atoms with Crippen LogP contribution >= 0.6 is 0 Å². The van der Waals surface area contributed by atoms with Crippen LogP contribution in [-0.2, 0) is 22.3 Å². The van der Waals surface area contributed by atoms with E-state index in [-0.39, 0.29) is 58.3 Å². The van der Waals surface area contributed by atoms with Crippen LogP contribution in [0.1, 0.15) is 61.2 Å². The summed E-state index contributed by atoms with van der Waals surface area (Å²) in [6.07, 6.45) is -4.72. The lowest BCUT2D eigenvalue weighted by Crippen LogP contribution is -2.34. The Hall–Kier alpha value is -4.59. The van der Waals surface area contributed by atoms with Crippen molar-refractivity contribution in [1.82, 2.24) is 20.6 Å². The normalized spacial score (nSPS) is 12.7. The van der Waals surface area contributed by atoms with Gasteiger partial charge in [-0.05, 0) is 51.1 Å². The molecule has 14 heteroatoms. The highest BCUT2D eigenvalue weighted by atomic mass is 19.4. The highest BCUT2D eigenvalue weighted by molar-refractivity contribution is 5.98. The molecule has 0 radical (unpaired) electrons. The lowest BCUT2D eigenvalue weighted by Gasteiger charge is -2.24. The number of amides is 2. The van der Waals surface area contributed by atoms with Gasteiger partial charge in [0.05, 0.1) is 19.3 Å². The summed E-state index contributed by atoms with van der Waals surface area (Å²) < 4.78 is 85.0. The minimum absolute atomic E-state index is 0.00723. The second-order valence-electron chi connectivity index (χ2n) is 10.7. The van der Waals surface area contributed by atoms with Crippen molar-refractivity contribution in [1.29, 1.82) is 0 Å². The summed E-state index contributed by atoms with van der Waals surface area (Å²) in [4.78, 5) is 33.6. The number of fused-ring (bicyclic) bond motifs is 1. The van der Waals surface area contributed by atoms with Crippen LogP contribution in [0.2, 0.25) is 0 Å². The van der Waals surface area contributed by atoms with Crippen molar-refractivity contribution in [2.75, 3.05) is 13.7 Å². The number of nitrogens with one attached hydrogen (secondary N) is 2. The first-order valence-corrected chi connectivity index (χ1v) is 13.3. The second kappa shape index (κ2) is 12.6.